The number of aromatic nitrogens is 3. The zero-order valence-corrected chi connectivity index (χ0v) is 26.3. The van der Waals surface area contributed by atoms with Crippen LogP contribution < -0.4 is 10.6 Å². The molecule has 1 saturated carbocycles. The molecular weight excluding hydrogens is 616 g/mol. The minimum atomic E-state index is -0.390. The van der Waals surface area contributed by atoms with E-state index in [0.29, 0.717) is 32.3 Å². The molecule has 0 bridgehead atoms. The van der Waals surface area contributed by atoms with Gasteiger partial charge >= 0.3 is 0 Å². The molecule has 6 rings (SSSR count). The lowest BCUT2D eigenvalue weighted by atomic mass is 9.75. The number of fused-ring (bicyclic) bond motifs is 2. The number of benzene rings is 1. The second kappa shape index (κ2) is 10.9. The molecule has 2 aliphatic heterocycles. The van der Waals surface area contributed by atoms with E-state index in [0.717, 1.165) is 50.1 Å². The van der Waals surface area contributed by atoms with E-state index in [1.54, 1.807) is 6.20 Å². The van der Waals surface area contributed by atoms with Crippen molar-refractivity contribution in [3.8, 4) is 11.3 Å². The van der Waals surface area contributed by atoms with Gasteiger partial charge in [0.15, 0.2) is 5.82 Å². The number of halogens is 2. The molecule has 9 heteroatoms. The lowest BCUT2D eigenvalue weighted by Gasteiger charge is -2.47. The Balaban J connectivity index is 1.39. The summed E-state index contributed by atoms with van der Waals surface area (Å²) >= 11 is 2.58. The molecule has 2 aromatic heterocycles. The van der Waals surface area contributed by atoms with E-state index in [-0.39, 0.29) is 22.8 Å². The Hall–Kier alpha value is -2.11. The van der Waals surface area contributed by atoms with Crippen LogP contribution in [-0.2, 0) is 0 Å². The zero-order valence-electron chi connectivity index (χ0n) is 24.1. The van der Waals surface area contributed by atoms with Crippen LogP contribution in [0.5, 0.6) is 0 Å². The monoisotopic (exact) mass is 657 g/mol. The Kier molecular flexibility index (Phi) is 7.67. The van der Waals surface area contributed by atoms with E-state index in [4.69, 9.17) is 9.97 Å². The van der Waals surface area contributed by atoms with E-state index in [2.05, 4.69) is 82.0 Å². The van der Waals surface area contributed by atoms with E-state index >= 15 is 4.39 Å². The summed E-state index contributed by atoms with van der Waals surface area (Å²) in [5.74, 6) is 0.988. The number of nitrogens with zero attached hydrogens (tertiary/aromatic N) is 5. The van der Waals surface area contributed by atoms with Gasteiger partial charge in [0.25, 0.3) is 0 Å². The van der Waals surface area contributed by atoms with Crippen LogP contribution in [0.1, 0.15) is 63.9 Å². The molecule has 1 unspecified atom stereocenters. The largest absolute Gasteiger partial charge is 0.367 e. The van der Waals surface area contributed by atoms with Gasteiger partial charge < -0.3 is 15.5 Å². The topological polar surface area (TPSA) is 69.2 Å². The number of alkyl halides is 1. The Bertz CT molecular complexity index is 1390. The first kappa shape index (κ1) is 28.0. The minimum absolute atomic E-state index is 0.0927. The van der Waals surface area contributed by atoms with Crippen molar-refractivity contribution in [2.24, 2.45) is 0 Å². The normalized spacial score (nSPS) is 24.1. The molecule has 1 aromatic carbocycles. The fourth-order valence-corrected chi connectivity index (χ4v) is 8.33. The first-order chi connectivity index (χ1) is 19.2. The lowest BCUT2D eigenvalue weighted by Crippen LogP contribution is -2.54. The predicted octanol–water partition coefficient (Wildman–Crippen LogP) is 6.30. The van der Waals surface area contributed by atoms with Crippen molar-refractivity contribution in [3.05, 3.63) is 41.8 Å². The Morgan fingerprint density at radius 2 is 1.90 bits per heavy atom. The quantitative estimate of drug-likeness (QED) is 0.207. The molecule has 0 amide bonds. The van der Waals surface area contributed by atoms with Gasteiger partial charge in [-0.3, -0.25) is 9.88 Å². The van der Waals surface area contributed by atoms with Crippen molar-refractivity contribution >= 4 is 45.3 Å². The van der Waals surface area contributed by atoms with Gasteiger partial charge in [0.1, 0.15) is 17.0 Å². The summed E-state index contributed by atoms with van der Waals surface area (Å²) in [6.45, 7) is 8.06. The van der Waals surface area contributed by atoms with Crippen LogP contribution in [0.3, 0.4) is 0 Å². The van der Waals surface area contributed by atoms with Crippen molar-refractivity contribution in [1.29, 1.82) is 0 Å². The number of pyridine rings is 1. The fourth-order valence-electron chi connectivity index (χ4n) is 7.03. The molecule has 3 aromatic rings. The third-order valence-electron chi connectivity index (χ3n) is 9.68. The van der Waals surface area contributed by atoms with Crippen molar-refractivity contribution in [3.63, 3.8) is 0 Å². The summed E-state index contributed by atoms with van der Waals surface area (Å²) < 4.78 is 17.1. The van der Waals surface area contributed by atoms with Gasteiger partial charge in [0.2, 0.25) is 5.95 Å². The lowest BCUT2D eigenvalue weighted by molar-refractivity contribution is 0.0738. The maximum Gasteiger partial charge on any atom is 0.225 e. The molecule has 3 aliphatic rings. The average Bonchev–Trinajstić information content (AvgIpc) is 3.42. The highest BCUT2D eigenvalue weighted by atomic mass is 127. The van der Waals surface area contributed by atoms with Crippen molar-refractivity contribution in [1.82, 2.24) is 24.8 Å². The van der Waals surface area contributed by atoms with E-state index < -0.39 is 0 Å². The summed E-state index contributed by atoms with van der Waals surface area (Å²) in [5, 5.41) is 7.78. The van der Waals surface area contributed by atoms with Gasteiger partial charge in [-0.05, 0) is 70.6 Å². The molecule has 1 aliphatic carbocycles. The first-order valence-corrected chi connectivity index (χ1v) is 16.0. The van der Waals surface area contributed by atoms with Gasteiger partial charge in [-0.25, -0.2) is 9.37 Å². The van der Waals surface area contributed by atoms with Crippen molar-refractivity contribution in [2.45, 2.75) is 73.3 Å². The second-order valence-electron chi connectivity index (χ2n) is 12.6. The standard InChI is InChI=1S/C31H41FIN7/c1-20(2)22-9-5-6-10-23(22)26-25(32)27-24(16-34-26)28(35-18-30(39(3)4)11-7-12-30)38-29(37-27)36-19-31-13-8-14-40(31)17-21(33)15-31/h5-6,9-10,16,20-21H,7-8,11-15,17-19H2,1-4H3,(H2,35,36,37,38)/t21-,31?/m1/s1. The fraction of sp³-hybridized carbons (Fsp3) is 0.581. The molecule has 0 spiro atoms. The molecule has 2 saturated heterocycles. The Morgan fingerprint density at radius 1 is 1.10 bits per heavy atom. The summed E-state index contributed by atoms with van der Waals surface area (Å²) in [4.78, 5) is 19.3. The van der Waals surface area contributed by atoms with Crippen molar-refractivity contribution < 1.29 is 4.39 Å². The number of anilines is 2. The molecule has 7 nitrogen and oxygen atoms in total. The summed E-state index contributed by atoms with van der Waals surface area (Å²) in [6.07, 6.45) is 8.82. The highest BCUT2D eigenvalue weighted by Crippen LogP contribution is 2.42. The number of likely N-dealkylation sites (N-methyl/N-ethyl adjacent to an activating group) is 1. The minimum Gasteiger partial charge on any atom is -0.367 e. The molecule has 0 radical (unpaired) electrons. The zero-order chi connectivity index (χ0) is 28.1. The molecule has 2 N–H and O–H groups in total. The van der Waals surface area contributed by atoms with Gasteiger partial charge in [0, 0.05) is 46.4 Å². The van der Waals surface area contributed by atoms with Crippen molar-refractivity contribution in [2.75, 3.05) is 50.9 Å². The van der Waals surface area contributed by atoms with E-state index in [9.17, 15) is 0 Å². The molecule has 4 heterocycles. The van der Waals surface area contributed by atoms with Gasteiger partial charge in [0.05, 0.1) is 5.39 Å². The first-order valence-electron chi connectivity index (χ1n) is 14.7. The number of hydrogen-bond donors (Lipinski definition) is 2. The van der Waals surface area contributed by atoms with Gasteiger partial charge in [-0.1, -0.05) is 60.7 Å². The van der Waals surface area contributed by atoms with Crippen LogP contribution in [0.2, 0.25) is 0 Å². The Labute approximate surface area is 250 Å². The molecular formula is C31H41FIN7. The second-order valence-corrected chi connectivity index (χ2v) is 14.3. The van der Waals surface area contributed by atoms with Crippen LogP contribution in [0, 0.1) is 5.82 Å². The van der Waals surface area contributed by atoms with Crippen LogP contribution >= 0.6 is 22.6 Å². The summed E-state index contributed by atoms with van der Waals surface area (Å²) in [7, 11) is 4.28. The highest BCUT2D eigenvalue weighted by Gasteiger charge is 2.47. The molecule has 3 fully saturated rings. The SMILES string of the molecule is CC(C)c1ccccc1-c1ncc2c(NCC3(N(C)C)CCC3)nc(NCC34CCCN3C[C@H](I)C4)nc2c1F. The summed E-state index contributed by atoms with van der Waals surface area (Å²) in [5.41, 5.74) is 2.79. The summed E-state index contributed by atoms with van der Waals surface area (Å²) in [6, 6.07) is 7.96. The van der Waals surface area contributed by atoms with E-state index in [1.165, 1.54) is 25.7 Å². The smallest absolute Gasteiger partial charge is 0.225 e. The number of rotatable bonds is 9. The number of nitrogens with one attached hydrogen (secondary N) is 2. The molecule has 214 valence electrons. The maximum atomic E-state index is 16.4. The Morgan fingerprint density at radius 3 is 2.62 bits per heavy atom. The molecule has 40 heavy (non-hydrogen) atoms. The van der Waals surface area contributed by atoms with Gasteiger partial charge in [-0.15, -0.1) is 0 Å². The van der Waals surface area contributed by atoms with Crippen LogP contribution in [0.4, 0.5) is 16.2 Å². The predicted molar refractivity (Wildman–Crippen MR) is 170 cm³/mol. The van der Waals surface area contributed by atoms with Gasteiger partial charge in [-0.2, -0.15) is 4.98 Å². The van der Waals surface area contributed by atoms with Crippen LogP contribution in [0.15, 0.2) is 30.5 Å². The van der Waals surface area contributed by atoms with E-state index in [1.807, 2.05) is 18.2 Å². The molecule has 2 atom stereocenters. The third kappa shape index (κ3) is 4.96. The number of hydrogen-bond acceptors (Lipinski definition) is 7. The average molecular weight is 658 g/mol. The maximum absolute atomic E-state index is 16.4. The third-order valence-corrected chi connectivity index (χ3v) is 10.5. The van der Waals surface area contributed by atoms with Crippen LogP contribution in [-0.4, -0.2) is 80.0 Å². The highest BCUT2D eigenvalue weighted by molar-refractivity contribution is 14.1. The van der Waals surface area contributed by atoms with Crippen LogP contribution in [0.25, 0.3) is 22.2 Å².